The van der Waals surface area contributed by atoms with Gasteiger partial charge in [-0.05, 0) is 67.5 Å². The molecule has 0 aliphatic carbocycles. The molecule has 0 aromatic heterocycles. The molecule has 2 unspecified atom stereocenters. The largest absolute Gasteiger partial charge is 0.494 e. The lowest BCUT2D eigenvalue weighted by Crippen LogP contribution is -2.37. The molecule has 1 fully saturated rings. The molecule has 39 heavy (non-hydrogen) atoms. The van der Waals surface area contributed by atoms with Gasteiger partial charge in [0.2, 0.25) is 0 Å². The van der Waals surface area contributed by atoms with E-state index in [9.17, 15) is 9.59 Å². The third-order valence-electron chi connectivity index (χ3n) is 7.50. The molecule has 0 N–H and O–H groups in total. The highest BCUT2D eigenvalue weighted by atomic mass is 16.6. The lowest BCUT2D eigenvalue weighted by atomic mass is 10.0. The Bertz CT molecular complexity index is 966. The molecule has 5 heteroatoms. The molecule has 1 heterocycles. The van der Waals surface area contributed by atoms with Gasteiger partial charge in [0.05, 0.1) is 12.2 Å². The van der Waals surface area contributed by atoms with Crippen molar-refractivity contribution in [3.63, 3.8) is 0 Å². The van der Waals surface area contributed by atoms with Crippen molar-refractivity contribution in [2.75, 3.05) is 6.61 Å². The summed E-state index contributed by atoms with van der Waals surface area (Å²) >= 11 is 0. The highest BCUT2D eigenvalue weighted by Gasteiger charge is 2.33. The summed E-state index contributed by atoms with van der Waals surface area (Å²) in [6.45, 7) is 5.18. The van der Waals surface area contributed by atoms with Gasteiger partial charge in [0, 0.05) is 0 Å². The molecule has 1 aliphatic heterocycles. The van der Waals surface area contributed by atoms with Gasteiger partial charge in [-0.25, -0.2) is 9.59 Å². The zero-order chi connectivity index (χ0) is 27.7. The lowest BCUT2D eigenvalue weighted by molar-refractivity contribution is -0.167. The van der Waals surface area contributed by atoms with Crippen LogP contribution < -0.4 is 4.74 Å². The molecule has 2 atom stereocenters. The number of hydrogen-bond acceptors (Lipinski definition) is 5. The van der Waals surface area contributed by atoms with Crippen LogP contribution in [-0.4, -0.2) is 30.8 Å². The molecule has 0 radical (unpaired) electrons. The lowest BCUT2D eigenvalue weighted by Gasteiger charge is -2.27. The number of unbranched alkanes of at least 4 members (excludes halogenated alkanes) is 10. The van der Waals surface area contributed by atoms with Gasteiger partial charge in [-0.1, -0.05) is 102 Å². The maximum Gasteiger partial charge on any atom is 0.347 e. The number of benzene rings is 2. The third-order valence-corrected chi connectivity index (χ3v) is 7.50. The van der Waals surface area contributed by atoms with Gasteiger partial charge in [0.25, 0.3) is 0 Å². The number of cyclic esters (lactones) is 1. The quantitative estimate of drug-likeness (QED) is 0.140. The molecular weight excluding hydrogens is 488 g/mol. The van der Waals surface area contributed by atoms with E-state index >= 15 is 0 Å². The average molecular weight is 537 g/mol. The van der Waals surface area contributed by atoms with Crippen LogP contribution in [-0.2, 0) is 14.3 Å². The fourth-order valence-electron chi connectivity index (χ4n) is 5.03. The second-order valence-corrected chi connectivity index (χ2v) is 10.8. The number of ether oxygens (including phenoxy) is 3. The maximum atomic E-state index is 12.7. The van der Waals surface area contributed by atoms with Crippen molar-refractivity contribution in [2.24, 2.45) is 0 Å². The Kier molecular flexibility index (Phi) is 13.9. The Morgan fingerprint density at radius 1 is 0.744 bits per heavy atom. The van der Waals surface area contributed by atoms with Gasteiger partial charge in [-0.3, -0.25) is 0 Å². The molecule has 1 aliphatic rings. The smallest absolute Gasteiger partial charge is 0.347 e. The van der Waals surface area contributed by atoms with Crippen molar-refractivity contribution < 1.29 is 23.8 Å². The highest BCUT2D eigenvalue weighted by molar-refractivity contribution is 5.92. The van der Waals surface area contributed by atoms with Crippen LogP contribution in [0.2, 0.25) is 0 Å². The van der Waals surface area contributed by atoms with Crippen molar-refractivity contribution in [3.05, 3.63) is 54.1 Å². The van der Waals surface area contributed by atoms with Crippen LogP contribution in [0.5, 0.6) is 5.75 Å². The van der Waals surface area contributed by atoms with E-state index < -0.39 is 18.0 Å². The summed E-state index contributed by atoms with van der Waals surface area (Å²) in [4.78, 5) is 25.0. The van der Waals surface area contributed by atoms with Gasteiger partial charge in [0.1, 0.15) is 11.9 Å². The molecule has 0 bridgehead atoms. The van der Waals surface area contributed by atoms with E-state index in [-0.39, 0.29) is 6.10 Å². The Hall–Kier alpha value is -2.82. The first-order valence-electron chi connectivity index (χ1n) is 15.4. The van der Waals surface area contributed by atoms with Crippen molar-refractivity contribution in [2.45, 2.75) is 122 Å². The van der Waals surface area contributed by atoms with Crippen molar-refractivity contribution >= 4 is 11.9 Å². The summed E-state index contributed by atoms with van der Waals surface area (Å²) < 4.78 is 16.9. The highest BCUT2D eigenvalue weighted by Crippen LogP contribution is 2.25. The molecule has 0 amide bonds. The molecule has 1 saturated heterocycles. The van der Waals surface area contributed by atoms with Crippen LogP contribution in [0.4, 0.5) is 0 Å². The first-order chi connectivity index (χ1) is 19.1. The summed E-state index contributed by atoms with van der Waals surface area (Å²) in [5, 5.41) is 0. The summed E-state index contributed by atoms with van der Waals surface area (Å²) in [6.07, 6.45) is 16.2. The Balaban J connectivity index is 1.37. The Labute approximate surface area is 235 Å². The molecule has 2 aromatic carbocycles. The molecule has 0 saturated carbocycles. The normalized spacial score (nSPS) is 17.0. The molecule has 2 aromatic rings. The van der Waals surface area contributed by atoms with E-state index in [1.807, 2.05) is 36.4 Å². The molecule has 5 nitrogen and oxygen atoms in total. The molecule has 3 rings (SSSR count). The Morgan fingerprint density at radius 3 is 1.92 bits per heavy atom. The van der Waals surface area contributed by atoms with Crippen LogP contribution in [0.15, 0.2) is 48.5 Å². The summed E-state index contributed by atoms with van der Waals surface area (Å²) in [6, 6.07) is 15.4. The van der Waals surface area contributed by atoms with Crippen molar-refractivity contribution in [1.29, 1.82) is 0 Å². The minimum absolute atomic E-state index is 0.0505. The minimum atomic E-state index is -0.817. The van der Waals surface area contributed by atoms with Crippen LogP contribution in [0.1, 0.15) is 121 Å². The predicted octanol–water partition coefficient (Wildman–Crippen LogP) is 9.07. The molecule has 0 spiro atoms. The van der Waals surface area contributed by atoms with Crippen molar-refractivity contribution in [3.8, 4) is 16.9 Å². The van der Waals surface area contributed by atoms with E-state index in [4.69, 9.17) is 14.2 Å². The molecular formula is C34H48O5. The van der Waals surface area contributed by atoms with Gasteiger partial charge in [-0.2, -0.15) is 0 Å². The fraction of sp³-hybridized carbons (Fsp3) is 0.588. The average Bonchev–Trinajstić information content (AvgIpc) is 2.96. The number of carbonyl (C=O) groups is 2. The maximum absolute atomic E-state index is 12.7. The second kappa shape index (κ2) is 17.7. The first-order valence-corrected chi connectivity index (χ1v) is 15.4. The summed E-state index contributed by atoms with van der Waals surface area (Å²) in [5.74, 6) is -0.0320. The zero-order valence-corrected chi connectivity index (χ0v) is 24.1. The van der Waals surface area contributed by atoms with Crippen LogP contribution in [0, 0.1) is 0 Å². The predicted molar refractivity (Wildman–Crippen MR) is 157 cm³/mol. The Morgan fingerprint density at radius 2 is 1.31 bits per heavy atom. The SMILES string of the molecule is CCCCCCCCCCOc1ccc(-c2ccc(C(=O)OC3CCC(CCCCCC)OC3=O)cc2)cc1. The van der Waals surface area contributed by atoms with Crippen molar-refractivity contribution in [1.82, 2.24) is 0 Å². The number of carbonyl (C=O) groups excluding carboxylic acids is 2. The minimum Gasteiger partial charge on any atom is -0.494 e. The second-order valence-electron chi connectivity index (χ2n) is 10.8. The topological polar surface area (TPSA) is 61.8 Å². The van der Waals surface area contributed by atoms with E-state index in [2.05, 4.69) is 13.8 Å². The number of hydrogen-bond donors (Lipinski definition) is 0. The first kappa shape index (κ1) is 30.7. The van der Waals surface area contributed by atoms with E-state index in [0.717, 1.165) is 55.6 Å². The van der Waals surface area contributed by atoms with Gasteiger partial charge in [-0.15, -0.1) is 0 Å². The summed E-state index contributed by atoms with van der Waals surface area (Å²) in [5.41, 5.74) is 2.48. The monoisotopic (exact) mass is 536 g/mol. The van der Waals surface area contributed by atoms with Gasteiger partial charge < -0.3 is 14.2 Å². The van der Waals surface area contributed by atoms with Crippen LogP contribution >= 0.6 is 0 Å². The standard InChI is InChI=1S/C34H48O5/c1-3-5-7-9-10-11-12-14-26-37-30-22-20-28(21-23-30)27-16-18-29(19-17-27)33(35)39-32-25-24-31(38-34(32)36)15-13-8-6-4-2/h16-23,31-32H,3-15,24-26H2,1-2H3. The number of rotatable bonds is 18. The van der Waals surface area contributed by atoms with Crippen LogP contribution in [0.3, 0.4) is 0 Å². The van der Waals surface area contributed by atoms with E-state index in [0.29, 0.717) is 12.0 Å². The zero-order valence-electron chi connectivity index (χ0n) is 24.1. The van der Waals surface area contributed by atoms with E-state index in [1.54, 1.807) is 12.1 Å². The molecule has 214 valence electrons. The van der Waals surface area contributed by atoms with Crippen LogP contribution in [0.25, 0.3) is 11.1 Å². The van der Waals surface area contributed by atoms with Gasteiger partial charge >= 0.3 is 11.9 Å². The third kappa shape index (κ3) is 11.1. The fourth-order valence-corrected chi connectivity index (χ4v) is 5.03. The summed E-state index contributed by atoms with van der Waals surface area (Å²) in [7, 11) is 0. The number of esters is 2. The van der Waals surface area contributed by atoms with Gasteiger partial charge in [0.15, 0.2) is 6.10 Å². The van der Waals surface area contributed by atoms with E-state index in [1.165, 1.54) is 57.8 Å².